The number of nitrogens with two attached hydrogens (primary N) is 3. The monoisotopic (exact) mass is 127 g/mol. The molecule has 7 N–H and O–H groups in total. The van der Waals surface area contributed by atoms with Crippen LogP contribution >= 0.6 is 0 Å². The van der Waals surface area contributed by atoms with Gasteiger partial charge in [-0.15, -0.1) is 0 Å². The topological polar surface area (TPSA) is 107 Å². The van der Waals surface area contributed by atoms with Gasteiger partial charge in [0.05, 0.1) is 5.56 Å². The molecule has 0 saturated carbocycles. The molecule has 0 radical (unpaired) electrons. The summed E-state index contributed by atoms with van der Waals surface area (Å²) in [6, 6.07) is 0. The molecule has 0 bridgehead atoms. The van der Waals surface area contributed by atoms with Gasteiger partial charge in [0.25, 0.3) is 0 Å². The van der Waals surface area contributed by atoms with E-state index in [9.17, 15) is 0 Å². The Kier molecular flexibility index (Phi) is 1.27. The minimum absolute atomic E-state index is 0.328. The van der Waals surface area contributed by atoms with Crippen molar-refractivity contribution >= 4 is 11.6 Å². The van der Waals surface area contributed by atoms with Gasteiger partial charge in [0.1, 0.15) is 5.82 Å². The quantitative estimate of drug-likeness (QED) is 0.389. The van der Waals surface area contributed by atoms with E-state index < -0.39 is 0 Å². The van der Waals surface area contributed by atoms with Gasteiger partial charge in [0, 0.05) is 6.54 Å². The zero-order valence-electron chi connectivity index (χ0n) is 4.89. The van der Waals surface area contributed by atoms with Crippen molar-refractivity contribution in [3.05, 3.63) is 5.56 Å². The van der Waals surface area contributed by atoms with Gasteiger partial charge in [-0.25, -0.2) is 0 Å². The van der Waals surface area contributed by atoms with Crippen LogP contribution < -0.4 is 17.2 Å². The Morgan fingerprint density at radius 3 is 2.33 bits per heavy atom. The average molecular weight is 127 g/mol. The van der Waals surface area contributed by atoms with Crippen LogP contribution in [0.25, 0.3) is 0 Å². The molecule has 0 fully saturated rings. The highest BCUT2D eigenvalue weighted by atomic mass is 15.2. The Morgan fingerprint density at radius 1 is 1.44 bits per heavy atom. The zero-order chi connectivity index (χ0) is 6.85. The Bertz CT molecular complexity index is 183. The molecule has 5 nitrogen and oxygen atoms in total. The summed E-state index contributed by atoms with van der Waals surface area (Å²) >= 11 is 0. The predicted octanol–water partition coefficient (Wildman–Crippen LogP) is -0.967. The maximum absolute atomic E-state index is 5.37. The van der Waals surface area contributed by atoms with E-state index in [-0.39, 0.29) is 0 Å². The van der Waals surface area contributed by atoms with Crippen LogP contribution in [0.15, 0.2) is 0 Å². The van der Waals surface area contributed by atoms with Gasteiger partial charge in [0.15, 0.2) is 5.82 Å². The number of nitrogen functional groups attached to an aromatic ring is 2. The number of hydrogen-bond acceptors (Lipinski definition) is 4. The van der Waals surface area contributed by atoms with Crippen LogP contribution in [0, 0.1) is 0 Å². The molecule has 1 heterocycles. The first kappa shape index (κ1) is 5.90. The number of H-pyrrole nitrogens is 1. The lowest BCUT2D eigenvalue weighted by Gasteiger charge is -1.91. The molecule has 0 unspecified atom stereocenters. The van der Waals surface area contributed by atoms with E-state index in [0.29, 0.717) is 23.7 Å². The SMILES string of the molecule is NCc1c(N)n[nH]c1N. The second-order valence-electron chi connectivity index (χ2n) is 1.71. The molecule has 50 valence electrons. The van der Waals surface area contributed by atoms with Crippen LogP contribution in [0.3, 0.4) is 0 Å². The number of rotatable bonds is 1. The minimum atomic E-state index is 0.328. The molecule has 0 amide bonds. The van der Waals surface area contributed by atoms with Crippen molar-refractivity contribution < 1.29 is 0 Å². The van der Waals surface area contributed by atoms with Crippen molar-refractivity contribution in [2.45, 2.75) is 6.54 Å². The van der Waals surface area contributed by atoms with Crippen molar-refractivity contribution in [3.8, 4) is 0 Å². The predicted molar refractivity (Wildman–Crippen MR) is 35.3 cm³/mol. The van der Waals surface area contributed by atoms with E-state index in [2.05, 4.69) is 10.2 Å². The molecule has 0 atom stereocenters. The van der Waals surface area contributed by atoms with Gasteiger partial charge >= 0.3 is 0 Å². The highest BCUT2D eigenvalue weighted by Crippen LogP contribution is 2.12. The lowest BCUT2D eigenvalue weighted by atomic mass is 10.3. The molecule has 0 aliphatic heterocycles. The third-order valence-corrected chi connectivity index (χ3v) is 1.14. The molecule has 0 aliphatic rings. The summed E-state index contributed by atoms with van der Waals surface area (Å²) in [5.41, 5.74) is 16.7. The molecular formula is C4H9N5. The molecular weight excluding hydrogens is 118 g/mol. The largest absolute Gasteiger partial charge is 0.384 e. The second kappa shape index (κ2) is 1.94. The summed E-state index contributed by atoms with van der Waals surface area (Å²) in [4.78, 5) is 0. The molecule has 1 aromatic rings. The number of aromatic nitrogens is 2. The van der Waals surface area contributed by atoms with Crippen molar-refractivity contribution in [3.63, 3.8) is 0 Å². The van der Waals surface area contributed by atoms with Gasteiger partial charge in [-0.1, -0.05) is 0 Å². The first-order valence-corrected chi connectivity index (χ1v) is 2.54. The summed E-state index contributed by atoms with van der Waals surface area (Å²) in [5, 5.41) is 6.15. The molecule has 0 spiro atoms. The summed E-state index contributed by atoms with van der Waals surface area (Å²) in [5.74, 6) is 0.838. The van der Waals surface area contributed by atoms with Gasteiger partial charge in [-0.05, 0) is 0 Å². The van der Waals surface area contributed by atoms with Crippen LogP contribution in [0.2, 0.25) is 0 Å². The van der Waals surface area contributed by atoms with Gasteiger partial charge in [0.2, 0.25) is 0 Å². The van der Waals surface area contributed by atoms with Gasteiger partial charge < -0.3 is 17.2 Å². The highest BCUT2D eigenvalue weighted by molar-refractivity contribution is 5.52. The fraction of sp³-hybridized carbons (Fsp3) is 0.250. The summed E-state index contributed by atoms with van der Waals surface area (Å²) in [6.45, 7) is 0.328. The van der Waals surface area contributed by atoms with E-state index in [1.807, 2.05) is 0 Å². The zero-order valence-corrected chi connectivity index (χ0v) is 4.89. The van der Waals surface area contributed by atoms with Gasteiger partial charge in [-0.2, -0.15) is 5.10 Å². The molecule has 9 heavy (non-hydrogen) atoms. The van der Waals surface area contributed by atoms with Gasteiger partial charge in [-0.3, -0.25) is 5.10 Å². The Labute approximate surface area is 52.2 Å². The molecule has 1 rings (SSSR count). The maximum Gasteiger partial charge on any atom is 0.151 e. The molecule has 0 aliphatic carbocycles. The number of nitrogens with zero attached hydrogens (tertiary/aromatic N) is 1. The van der Waals surface area contributed by atoms with E-state index in [4.69, 9.17) is 17.2 Å². The van der Waals surface area contributed by atoms with E-state index in [1.165, 1.54) is 0 Å². The van der Waals surface area contributed by atoms with Crippen LogP contribution in [0.5, 0.6) is 0 Å². The fourth-order valence-corrected chi connectivity index (χ4v) is 0.608. The Hall–Kier alpha value is -1.23. The number of hydrogen-bond donors (Lipinski definition) is 4. The normalized spacial score (nSPS) is 9.89. The van der Waals surface area contributed by atoms with E-state index >= 15 is 0 Å². The summed E-state index contributed by atoms with van der Waals surface area (Å²) in [7, 11) is 0. The van der Waals surface area contributed by atoms with E-state index in [0.717, 1.165) is 0 Å². The van der Waals surface area contributed by atoms with Crippen LogP contribution in [-0.4, -0.2) is 10.2 Å². The summed E-state index contributed by atoms with van der Waals surface area (Å²) < 4.78 is 0. The highest BCUT2D eigenvalue weighted by Gasteiger charge is 2.03. The fourth-order valence-electron chi connectivity index (χ4n) is 0.608. The first-order chi connectivity index (χ1) is 4.25. The van der Waals surface area contributed by atoms with Crippen LogP contribution in [0.1, 0.15) is 5.56 Å². The van der Waals surface area contributed by atoms with Crippen molar-refractivity contribution in [1.29, 1.82) is 0 Å². The van der Waals surface area contributed by atoms with Crippen LogP contribution in [0.4, 0.5) is 11.6 Å². The third kappa shape index (κ3) is 0.812. The molecule has 0 saturated heterocycles. The van der Waals surface area contributed by atoms with Crippen molar-refractivity contribution in [1.82, 2.24) is 10.2 Å². The van der Waals surface area contributed by atoms with Crippen LogP contribution in [-0.2, 0) is 6.54 Å². The second-order valence-corrected chi connectivity index (χ2v) is 1.71. The first-order valence-electron chi connectivity index (χ1n) is 2.54. The lowest BCUT2D eigenvalue weighted by Crippen LogP contribution is -2.01. The number of nitrogens with one attached hydrogen (secondary N) is 1. The maximum atomic E-state index is 5.37. The molecule has 1 aromatic heterocycles. The lowest BCUT2D eigenvalue weighted by molar-refractivity contribution is 1.08. The van der Waals surface area contributed by atoms with Crippen molar-refractivity contribution in [2.75, 3.05) is 11.5 Å². The third-order valence-electron chi connectivity index (χ3n) is 1.14. The average Bonchev–Trinajstić information content (AvgIpc) is 2.12. The number of aromatic amines is 1. The van der Waals surface area contributed by atoms with Crippen molar-refractivity contribution in [2.24, 2.45) is 5.73 Å². The standard InChI is InChI=1S/C4H9N5/c5-1-2-3(6)8-9-4(2)7/h1,5H2,(H5,6,7,8,9). The number of anilines is 2. The Balaban J connectivity index is 3.07. The Morgan fingerprint density at radius 2 is 2.11 bits per heavy atom. The minimum Gasteiger partial charge on any atom is -0.384 e. The molecule has 0 aromatic carbocycles. The van der Waals surface area contributed by atoms with E-state index in [1.54, 1.807) is 0 Å². The summed E-state index contributed by atoms with van der Waals surface area (Å²) in [6.07, 6.45) is 0. The smallest absolute Gasteiger partial charge is 0.151 e. The molecule has 5 heteroatoms.